The van der Waals surface area contributed by atoms with Gasteiger partial charge in [0.15, 0.2) is 0 Å². The van der Waals surface area contributed by atoms with E-state index in [-0.39, 0.29) is 49.1 Å². The van der Waals surface area contributed by atoms with Crippen molar-refractivity contribution in [3.8, 4) is 5.75 Å². The minimum absolute atomic E-state index is 0.0455. The average molecular weight is 521 g/mol. The lowest BCUT2D eigenvalue weighted by atomic mass is 9.92. The maximum Gasteiger partial charge on any atom is 0.573 e. The van der Waals surface area contributed by atoms with Crippen LogP contribution in [-0.2, 0) is 0 Å². The van der Waals surface area contributed by atoms with Crippen LogP contribution in [0.3, 0.4) is 0 Å². The number of hydrogen-bond acceptors (Lipinski definition) is 6. The van der Waals surface area contributed by atoms with E-state index in [0.29, 0.717) is 37.0 Å². The first-order valence-corrected chi connectivity index (χ1v) is 12.0. The Morgan fingerprint density at radius 3 is 2.30 bits per heavy atom. The van der Waals surface area contributed by atoms with E-state index in [1.807, 2.05) is 11.0 Å². The summed E-state index contributed by atoms with van der Waals surface area (Å²) in [6.45, 7) is 1.41. The molecule has 0 atom stereocenters. The first-order chi connectivity index (χ1) is 17.6. The van der Waals surface area contributed by atoms with Crippen LogP contribution in [-0.4, -0.2) is 64.2 Å². The summed E-state index contributed by atoms with van der Waals surface area (Å²) in [7, 11) is 0. The fourth-order valence-corrected chi connectivity index (χ4v) is 4.85. The zero-order chi connectivity index (χ0) is 26.2. The molecule has 0 saturated carbocycles. The number of pyridine rings is 1. The lowest BCUT2D eigenvalue weighted by Crippen LogP contribution is -2.39. The summed E-state index contributed by atoms with van der Waals surface area (Å²) in [5, 5.41) is 0. The van der Waals surface area contributed by atoms with Crippen LogP contribution >= 0.6 is 0 Å². The number of likely N-dealkylation sites (tertiary alicyclic amines) is 1. The zero-order valence-electron chi connectivity index (χ0n) is 19.7. The highest BCUT2D eigenvalue weighted by Gasteiger charge is 2.34. The van der Waals surface area contributed by atoms with E-state index in [1.54, 1.807) is 11.1 Å². The van der Waals surface area contributed by atoms with Crippen LogP contribution in [0.4, 0.5) is 27.6 Å². The molecule has 0 unspecified atom stereocenters. The molecule has 37 heavy (non-hydrogen) atoms. The van der Waals surface area contributed by atoms with Crippen molar-refractivity contribution in [1.82, 2.24) is 19.9 Å². The lowest BCUT2D eigenvalue weighted by Gasteiger charge is -2.33. The minimum Gasteiger partial charge on any atom is -0.406 e. The van der Waals surface area contributed by atoms with Crippen molar-refractivity contribution in [2.75, 3.05) is 31.1 Å². The molecule has 0 aliphatic carbocycles. The molecule has 2 aromatic heterocycles. The van der Waals surface area contributed by atoms with Gasteiger partial charge < -0.3 is 14.5 Å². The van der Waals surface area contributed by atoms with Crippen LogP contribution in [0.15, 0.2) is 42.9 Å². The molecule has 0 spiro atoms. The predicted octanol–water partition coefficient (Wildman–Crippen LogP) is 5.18. The number of halogens is 5. The van der Waals surface area contributed by atoms with Gasteiger partial charge in [0.05, 0.1) is 23.1 Å². The third kappa shape index (κ3) is 5.72. The smallest absolute Gasteiger partial charge is 0.406 e. The first-order valence-electron chi connectivity index (χ1n) is 12.0. The van der Waals surface area contributed by atoms with Crippen molar-refractivity contribution in [2.45, 2.75) is 43.9 Å². The number of aromatic nitrogens is 3. The molecule has 2 aliphatic rings. The second kappa shape index (κ2) is 9.71. The number of alkyl halides is 5. The monoisotopic (exact) mass is 521 g/mol. The Balaban J connectivity index is 1.24. The molecule has 2 fully saturated rings. The Labute approximate surface area is 209 Å². The van der Waals surface area contributed by atoms with E-state index in [1.165, 1.54) is 18.5 Å². The molecule has 0 radical (unpaired) electrons. The second-order valence-corrected chi connectivity index (χ2v) is 9.30. The van der Waals surface area contributed by atoms with E-state index in [9.17, 15) is 26.7 Å². The topological polar surface area (TPSA) is 71.5 Å². The maximum atomic E-state index is 13.5. The molecule has 2 aliphatic heterocycles. The van der Waals surface area contributed by atoms with Crippen LogP contribution in [0.5, 0.6) is 5.75 Å². The van der Waals surface area contributed by atoms with Crippen molar-refractivity contribution >= 4 is 22.6 Å². The summed E-state index contributed by atoms with van der Waals surface area (Å²) in [4.78, 5) is 29.8. The molecule has 0 N–H and O–H groups in total. The summed E-state index contributed by atoms with van der Waals surface area (Å²) in [6, 6.07) is 6.73. The van der Waals surface area contributed by atoms with Crippen molar-refractivity contribution in [2.24, 2.45) is 0 Å². The summed E-state index contributed by atoms with van der Waals surface area (Å²) < 4.78 is 68.0. The van der Waals surface area contributed by atoms with Gasteiger partial charge in [-0.15, -0.1) is 13.2 Å². The van der Waals surface area contributed by atoms with Gasteiger partial charge in [0, 0.05) is 50.5 Å². The Morgan fingerprint density at radius 2 is 1.65 bits per heavy atom. The highest BCUT2D eigenvalue weighted by atomic mass is 19.4. The van der Waals surface area contributed by atoms with E-state index in [4.69, 9.17) is 0 Å². The van der Waals surface area contributed by atoms with Crippen molar-refractivity contribution < 1.29 is 31.5 Å². The Bertz CT molecular complexity index is 1270. The normalized spacial score (nSPS) is 18.7. The van der Waals surface area contributed by atoms with Gasteiger partial charge in [0.2, 0.25) is 0 Å². The quantitative estimate of drug-likeness (QED) is 0.441. The van der Waals surface area contributed by atoms with Gasteiger partial charge in [-0.05, 0) is 43.2 Å². The average Bonchev–Trinajstić information content (AvgIpc) is 2.87. The highest BCUT2D eigenvalue weighted by Crippen LogP contribution is 2.34. The van der Waals surface area contributed by atoms with Gasteiger partial charge in [-0.1, -0.05) is 0 Å². The lowest BCUT2D eigenvalue weighted by molar-refractivity contribution is -0.274. The number of rotatable bonds is 4. The second-order valence-electron chi connectivity index (χ2n) is 9.30. The number of piperidine rings is 2. The SMILES string of the molecule is O=C(c1ccc(OC(F)(F)F)cc1)N1CCC(c2ncnc3cc(N4CCC(F)(F)CC4)cnc23)CC1. The summed E-state index contributed by atoms with van der Waals surface area (Å²) in [6.07, 6.45) is -0.763. The van der Waals surface area contributed by atoms with Crippen molar-refractivity contribution in [3.63, 3.8) is 0 Å². The summed E-state index contributed by atoms with van der Waals surface area (Å²) in [5.41, 5.74) is 3.10. The number of benzene rings is 1. The number of nitrogens with zero attached hydrogens (tertiary/aromatic N) is 5. The fraction of sp³-hybridized carbons (Fsp3) is 0.440. The van der Waals surface area contributed by atoms with Crippen LogP contribution in [0.1, 0.15) is 47.7 Å². The van der Waals surface area contributed by atoms with Crippen LogP contribution in [0.2, 0.25) is 0 Å². The molecule has 0 bridgehead atoms. The highest BCUT2D eigenvalue weighted by molar-refractivity contribution is 5.94. The number of fused-ring (bicyclic) bond motifs is 1. The van der Waals surface area contributed by atoms with Gasteiger partial charge in [0.25, 0.3) is 11.8 Å². The van der Waals surface area contributed by atoms with Gasteiger partial charge in [-0.25, -0.2) is 18.7 Å². The first kappa shape index (κ1) is 25.1. The van der Waals surface area contributed by atoms with Crippen molar-refractivity contribution in [3.05, 3.63) is 54.1 Å². The molecule has 4 heterocycles. The Hall–Kier alpha value is -3.57. The number of hydrogen-bond donors (Lipinski definition) is 0. The molecule has 2 saturated heterocycles. The van der Waals surface area contributed by atoms with Gasteiger partial charge in [0.1, 0.15) is 17.6 Å². The zero-order valence-corrected chi connectivity index (χ0v) is 19.7. The van der Waals surface area contributed by atoms with Gasteiger partial charge >= 0.3 is 6.36 Å². The molecule has 1 aromatic carbocycles. The minimum atomic E-state index is -4.79. The Kier molecular flexibility index (Phi) is 6.59. The number of carbonyl (C=O) groups excluding carboxylic acids is 1. The molecule has 1 amide bonds. The van der Waals surface area contributed by atoms with Crippen molar-refractivity contribution in [1.29, 1.82) is 0 Å². The third-order valence-electron chi connectivity index (χ3n) is 6.85. The number of ether oxygens (including phenoxy) is 1. The third-order valence-corrected chi connectivity index (χ3v) is 6.85. The molecular weight excluding hydrogens is 497 g/mol. The van der Waals surface area contributed by atoms with E-state index in [2.05, 4.69) is 19.7 Å². The standard InChI is InChI=1S/C25H24F5N5O2/c26-24(27)7-11-34(12-8-24)18-13-20-22(31-14-18)21(33-15-32-20)16-5-9-35(10-6-16)23(36)17-1-3-19(4-2-17)37-25(28,29)30/h1-4,13-16H,5-12H2. The van der Waals surface area contributed by atoms with Crippen LogP contribution in [0.25, 0.3) is 11.0 Å². The number of amides is 1. The molecule has 196 valence electrons. The molecule has 12 heteroatoms. The molecule has 7 nitrogen and oxygen atoms in total. The molecular formula is C25H24F5N5O2. The maximum absolute atomic E-state index is 13.5. The largest absolute Gasteiger partial charge is 0.573 e. The van der Waals surface area contributed by atoms with E-state index in [0.717, 1.165) is 23.5 Å². The summed E-state index contributed by atoms with van der Waals surface area (Å²) in [5.74, 6) is -3.23. The number of carbonyl (C=O) groups is 1. The summed E-state index contributed by atoms with van der Waals surface area (Å²) >= 11 is 0. The molecule has 5 rings (SSSR count). The van der Waals surface area contributed by atoms with E-state index >= 15 is 0 Å². The number of anilines is 1. The van der Waals surface area contributed by atoms with Gasteiger partial charge in [-0.2, -0.15) is 0 Å². The molecule has 3 aromatic rings. The predicted molar refractivity (Wildman–Crippen MR) is 125 cm³/mol. The Morgan fingerprint density at radius 1 is 0.973 bits per heavy atom. The van der Waals surface area contributed by atoms with Crippen LogP contribution < -0.4 is 9.64 Å². The fourth-order valence-electron chi connectivity index (χ4n) is 4.85. The van der Waals surface area contributed by atoms with E-state index < -0.39 is 12.3 Å². The van der Waals surface area contributed by atoms with Crippen LogP contribution in [0, 0.1) is 0 Å². The van der Waals surface area contributed by atoms with Gasteiger partial charge in [-0.3, -0.25) is 9.78 Å².